The minimum atomic E-state index is -2.22. The average molecular weight is 297 g/mol. The van der Waals surface area contributed by atoms with E-state index in [9.17, 15) is 24.3 Å². The molecule has 1 unspecified atom stereocenters. The van der Waals surface area contributed by atoms with E-state index in [1.165, 1.54) is 13.0 Å². The standard InChI is InChI=1S/C13H12FNO6/c1-2-20-11(18)13(12(19)21-14)5-7-3-8(16)4-10(17)9(7)6-15-13/h3-4,6,16-17H,2,5H2,1H3. The molecule has 0 aromatic heterocycles. The van der Waals surface area contributed by atoms with Crippen molar-refractivity contribution in [2.45, 2.75) is 18.9 Å². The number of halogens is 1. The van der Waals surface area contributed by atoms with E-state index in [0.717, 1.165) is 12.3 Å². The van der Waals surface area contributed by atoms with Crippen molar-refractivity contribution in [1.29, 1.82) is 0 Å². The number of benzene rings is 1. The minimum absolute atomic E-state index is 0.0339. The summed E-state index contributed by atoms with van der Waals surface area (Å²) in [4.78, 5) is 30.5. The Balaban J connectivity index is 2.52. The van der Waals surface area contributed by atoms with Gasteiger partial charge in [0.2, 0.25) is 0 Å². The average Bonchev–Trinajstić information content (AvgIpc) is 2.45. The van der Waals surface area contributed by atoms with Crippen LogP contribution in [0.3, 0.4) is 0 Å². The lowest BCUT2D eigenvalue weighted by molar-refractivity contribution is -0.194. The van der Waals surface area contributed by atoms with E-state index in [0.29, 0.717) is 0 Å². The van der Waals surface area contributed by atoms with Crippen molar-refractivity contribution >= 4 is 18.2 Å². The molecule has 8 heteroatoms. The number of hydrogen-bond acceptors (Lipinski definition) is 7. The van der Waals surface area contributed by atoms with Crippen LogP contribution in [-0.4, -0.2) is 40.5 Å². The predicted molar refractivity (Wildman–Crippen MR) is 67.6 cm³/mol. The summed E-state index contributed by atoms with van der Waals surface area (Å²) in [5.74, 6) is -3.14. The molecule has 2 rings (SSSR count). The van der Waals surface area contributed by atoms with E-state index in [-0.39, 0.29) is 29.2 Å². The molecule has 2 N–H and O–H groups in total. The van der Waals surface area contributed by atoms with Gasteiger partial charge in [0.05, 0.1) is 6.61 Å². The number of nitrogens with zero attached hydrogens (tertiary/aromatic N) is 1. The third-order valence-electron chi connectivity index (χ3n) is 3.11. The number of rotatable bonds is 3. The highest BCUT2D eigenvalue weighted by Gasteiger charge is 2.52. The highest BCUT2D eigenvalue weighted by molar-refractivity contribution is 6.08. The van der Waals surface area contributed by atoms with Crippen LogP contribution in [0.1, 0.15) is 18.1 Å². The highest BCUT2D eigenvalue weighted by Crippen LogP contribution is 2.34. The normalized spacial score (nSPS) is 19.7. The van der Waals surface area contributed by atoms with Gasteiger partial charge in [0.25, 0.3) is 5.54 Å². The third-order valence-corrected chi connectivity index (χ3v) is 3.11. The van der Waals surface area contributed by atoms with Gasteiger partial charge in [-0.15, -0.1) is 0 Å². The molecule has 1 aliphatic heterocycles. The van der Waals surface area contributed by atoms with Crippen molar-refractivity contribution in [2.75, 3.05) is 6.61 Å². The second-order valence-electron chi connectivity index (χ2n) is 4.42. The Kier molecular flexibility index (Phi) is 3.79. The van der Waals surface area contributed by atoms with Crippen molar-refractivity contribution in [1.82, 2.24) is 0 Å². The molecular weight excluding hydrogens is 285 g/mol. The van der Waals surface area contributed by atoms with Crippen molar-refractivity contribution < 1.29 is 34.0 Å². The van der Waals surface area contributed by atoms with Crippen LogP contribution in [-0.2, 0) is 25.7 Å². The van der Waals surface area contributed by atoms with Gasteiger partial charge < -0.3 is 14.9 Å². The van der Waals surface area contributed by atoms with Crippen LogP contribution in [0, 0.1) is 0 Å². The van der Waals surface area contributed by atoms with Gasteiger partial charge in [-0.25, -0.2) is 9.59 Å². The summed E-state index contributed by atoms with van der Waals surface area (Å²) < 4.78 is 17.1. The molecule has 0 saturated carbocycles. The third kappa shape index (κ3) is 2.39. The van der Waals surface area contributed by atoms with Crippen LogP contribution in [0.2, 0.25) is 0 Å². The topological polar surface area (TPSA) is 105 Å². The van der Waals surface area contributed by atoms with Crippen LogP contribution >= 0.6 is 0 Å². The summed E-state index contributed by atoms with van der Waals surface area (Å²) in [6.45, 7) is 1.48. The van der Waals surface area contributed by atoms with E-state index in [1.807, 2.05) is 0 Å². The second-order valence-corrected chi connectivity index (χ2v) is 4.42. The van der Waals surface area contributed by atoms with Gasteiger partial charge in [-0.1, -0.05) is 0 Å². The fourth-order valence-corrected chi connectivity index (χ4v) is 2.12. The number of ether oxygens (including phenoxy) is 1. The van der Waals surface area contributed by atoms with E-state index in [4.69, 9.17) is 4.74 Å². The van der Waals surface area contributed by atoms with Gasteiger partial charge in [-0.05, 0) is 18.6 Å². The number of hydrogen-bond donors (Lipinski definition) is 2. The van der Waals surface area contributed by atoms with E-state index in [2.05, 4.69) is 9.93 Å². The number of carbonyl (C=O) groups is 2. The molecule has 0 saturated heterocycles. The smallest absolute Gasteiger partial charge is 0.387 e. The van der Waals surface area contributed by atoms with E-state index in [1.54, 1.807) is 0 Å². The molecule has 0 bridgehead atoms. The summed E-state index contributed by atoms with van der Waals surface area (Å²) in [5, 5.41) is 19.2. The Hall–Kier alpha value is -2.64. The molecular formula is C13H12FNO6. The summed E-state index contributed by atoms with van der Waals surface area (Å²) in [6, 6.07) is 2.31. The molecule has 1 atom stereocenters. The van der Waals surface area contributed by atoms with E-state index >= 15 is 0 Å². The molecule has 1 aromatic carbocycles. The lowest BCUT2D eigenvalue weighted by Gasteiger charge is -2.27. The van der Waals surface area contributed by atoms with Gasteiger partial charge in [-0.2, -0.15) is 0 Å². The maximum atomic E-state index is 12.3. The zero-order chi connectivity index (χ0) is 15.6. The molecule has 0 spiro atoms. The first-order chi connectivity index (χ1) is 9.94. The predicted octanol–water partition coefficient (Wildman–Crippen LogP) is 0.802. The molecule has 112 valence electrons. The fourth-order valence-electron chi connectivity index (χ4n) is 2.12. The molecule has 1 heterocycles. The number of esters is 1. The second kappa shape index (κ2) is 5.39. The first kappa shape index (κ1) is 14.8. The molecule has 0 amide bonds. The molecule has 7 nitrogen and oxygen atoms in total. The minimum Gasteiger partial charge on any atom is -0.508 e. The first-order valence-corrected chi connectivity index (χ1v) is 6.05. The number of phenols is 2. The van der Waals surface area contributed by atoms with Gasteiger partial charge in [0.15, 0.2) is 0 Å². The Morgan fingerprint density at radius 3 is 2.71 bits per heavy atom. The van der Waals surface area contributed by atoms with Gasteiger partial charge in [-0.3, -0.25) is 9.93 Å². The Morgan fingerprint density at radius 2 is 2.10 bits per heavy atom. The van der Waals surface area contributed by atoms with Gasteiger partial charge >= 0.3 is 11.9 Å². The van der Waals surface area contributed by atoms with Gasteiger partial charge in [0.1, 0.15) is 11.5 Å². The van der Waals surface area contributed by atoms with Crippen molar-refractivity contribution in [3.8, 4) is 11.5 Å². The maximum Gasteiger partial charge on any atom is 0.387 e. The number of fused-ring (bicyclic) bond motifs is 1. The lowest BCUT2D eigenvalue weighted by atomic mass is 9.86. The highest BCUT2D eigenvalue weighted by atomic mass is 19.3. The van der Waals surface area contributed by atoms with Crippen molar-refractivity contribution in [3.63, 3.8) is 0 Å². The number of phenolic OH excluding ortho intramolecular Hbond substituents is 2. The molecule has 0 fully saturated rings. The fraction of sp³-hybridized carbons (Fsp3) is 0.308. The SMILES string of the molecule is CCOC(=O)C1(C(=O)OF)Cc2cc(O)cc(O)c2C=N1. The van der Waals surface area contributed by atoms with Crippen molar-refractivity contribution in [2.24, 2.45) is 4.99 Å². The van der Waals surface area contributed by atoms with Gasteiger partial charge in [0, 0.05) is 28.8 Å². The zero-order valence-electron chi connectivity index (χ0n) is 11.0. The number of aliphatic imine (C=N–C) groups is 1. The quantitative estimate of drug-likeness (QED) is 0.631. The summed E-state index contributed by atoms with van der Waals surface area (Å²) in [7, 11) is 0. The Morgan fingerprint density at radius 1 is 1.38 bits per heavy atom. The summed E-state index contributed by atoms with van der Waals surface area (Å²) in [6.07, 6.45) is 0.643. The summed E-state index contributed by atoms with van der Waals surface area (Å²) >= 11 is 0. The molecule has 21 heavy (non-hydrogen) atoms. The zero-order valence-corrected chi connectivity index (χ0v) is 11.0. The molecule has 1 aliphatic rings. The maximum absolute atomic E-state index is 12.3. The Bertz CT molecular complexity index is 629. The van der Waals surface area contributed by atoms with Crippen LogP contribution in [0.25, 0.3) is 0 Å². The largest absolute Gasteiger partial charge is 0.508 e. The molecule has 0 aliphatic carbocycles. The molecule has 0 radical (unpaired) electrons. The Labute approximate surface area is 118 Å². The number of aromatic hydroxyl groups is 2. The monoisotopic (exact) mass is 297 g/mol. The molecule has 1 aromatic rings. The first-order valence-electron chi connectivity index (χ1n) is 6.05. The van der Waals surface area contributed by atoms with E-state index < -0.39 is 23.9 Å². The van der Waals surface area contributed by atoms with Crippen LogP contribution in [0.15, 0.2) is 17.1 Å². The summed E-state index contributed by atoms with van der Waals surface area (Å²) in [5.41, 5.74) is -1.77. The van der Waals surface area contributed by atoms with Crippen LogP contribution in [0.4, 0.5) is 4.53 Å². The number of carbonyl (C=O) groups excluding carboxylic acids is 2. The van der Waals surface area contributed by atoms with Crippen LogP contribution in [0.5, 0.6) is 11.5 Å². The van der Waals surface area contributed by atoms with Crippen LogP contribution < -0.4 is 0 Å². The van der Waals surface area contributed by atoms with Crippen molar-refractivity contribution in [3.05, 3.63) is 23.3 Å². The lowest BCUT2D eigenvalue weighted by Crippen LogP contribution is -2.50.